The van der Waals surface area contributed by atoms with Crippen LogP contribution in [0.3, 0.4) is 0 Å². The summed E-state index contributed by atoms with van der Waals surface area (Å²) in [6, 6.07) is 14.3. The van der Waals surface area contributed by atoms with Crippen molar-refractivity contribution in [2.24, 2.45) is 0 Å². The van der Waals surface area contributed by atoms with Gasteiger partial charge >= 0.3 is 5.97 Å². The molecule has 4 rings (SSSR count). The number of aliphatic carboxylic acids is 1. The molecule has 0 spiro atoms. The number of nitrogens with zero attached hydrogens (tertiary/aromatic N) is 1. The Morgan fingerprint density at radius 1 is 1.13 bits per heavy atom. The number of morpholine rings is 1. The lowest BCUT2D eigenvalue weighted by Crippen LogP contribution is -2.40. The summed E-state index contributed by atoms with van der Waals surface area (Å²) >= 11 is -1.31. The van der Waals surface area contributed by atoms with Gasteiger partial charge in [-0.15, -0.1) is 4.31 Å². The predicted molar refractivity (Wildman–Crippen MR) is 115 cm³/mol. The number of rotatable bonds is 6. The number of carbonyl (C=O) groups is 1. The number of halogens is 1. The molecule has 31 heavy (non-hydrogen) atoms. The first-order valence-corrected chi connectivity index (χ1v) is 11.0. The summed E-state index contributed by atoms with van der Waals surface area (Å²) in [6.45, 7) is 2.26. The molecular formula is C23H22FNO5S. The van der Waals surface area contributed by atoms with Crippen molar-refractivity contribution in [1.82, 2.24) is 4.31 Å². The van der Waals surface area contributed by atoms with Crippen molar-refractivity contribution in [2.45, 2.75) is 17.4 Å². The van der Waals surface area contributed by atoms with E-state index in [-0.39, 0.29) is 6.42 Å². The van der Waals surface area contributed by atoms with E-state index in [1.807, 2.05) is 4.31 Å². The lowest BCUT2D eigenvalue weighted by atomic mass is 9.93. The number of benzene rings is 3. The van der Waals surface area contributed by atoms with Crippen LogP contribution in [0.5, 0.6) is 0 Å². The Balaban J connectivity index is 1.66. The highest BCUT2D eigenvalue weighted by atomic mass is 32.2. The number of carboxylic acid groups (broad SMARTS) is 1. The molecule has 2 atom stereocenters. The third kappa shape index (κ3) is 4.89. The minimum Gasteiger partial charge on any atom is -0.593 e. The van der Waals surface area contributed by atoms with Crippen LogP contribution < -0.4 is 0 Å². The highest BCUT2D eigenvalue weighted by molar-refractivity contribution is 7.89. The molecular weight excluding hydrogens is 421 g/mol. The highest BCUT2D eigenvalue weighted by Gasteiger charge is 2.25. The normalized spacial score (nSPS) is 16.9. The Morgan fingerprint density at radius 3 is 2.52 bits per heavy atom. The smallest absolute Gasteiger partial charge is 0.307 e. The fourth-order valence-electron chi connectivity index (χ4n) is 3.73. The Kier molecular flexibility index (Phi) is 6.54. The Morgan fingerprint density at radius 2 is 1.84 bits per heavy atom. The quantitative estimate of drug-likeness (QED) is 0.569. The maximum atomic E-state index is 13.9. The largest absolute Gasteiger partial charge is 0.593 e. The van der Waals surface area contributed by atoms with E-state index >= 15 is 0 Å². The average Bonchev–Trinajstić information content (AvgIpc) is 2.78. The van der Waals surface area contributed by atoms with Gasteiger partial charge in [-0.2, -0.15) is 0 Å². The summed E-state index contributed by atoms with van der Waals surface area (Å²) in [5.74, 6) is -1.43. The molecule has 2 unspecified atom stereocenters. The molecule has 0 saturated carbocycles. The van der Waals surface area contributed by atoms with Crippen LogP contribution in [0.4, 0.5) is 4.39 Å². The zero-order chi connectivity index (χ0) is 22.0. The number of hydrogen-bond acceptors (Lipinski definition) is 5. The molecule has 3 aromatic carbocycles. The van der Waals surface area contributed by atoms with Crippen LogP contribution >= 0.6 is 0 Å². The van der Waals surface area contributed by atoms with Crippen molar-refractivity contribution in [3.63, 3.8) is 0 Å². The molecule has 162 valence electrons. The number of carboxylic acids is 1. The molecule has 2 N–H and O–H groups in total. The zero-order valence-electron chi connectivity index (χ0n) is 16.7. The SMILES string of the molecule is O=C(O)Cc1cc(C(O)c2ccc([S+]([O-])N3CCOCC3)cc2)c2cc(F)ccc2c1. The van der Waals surface area contributed by atoms with Crippen LogP contribution in [0.25, 0.3) is 10.8 Å². The Hall–Kier alpha value is -2.49. The summed E-state index contributed by atoms with van der Waals surface area (Å²) in [4.78, 5) is 11.8. The van der Waals surface area contributed by atoms with Gasteiger partial charge in [-0.3, -0.25) is 4.79 Å². The van der Waals surface area contributed by atoms with Gasteiger partial charge in [-0.25, -0.2) is 4.39 Å². The molecule has 1 aliphatic rings. The summed E-state index contributed by atoms with van der Waals surface area (Å²) in [5.41, 5.74) is 1.49. The lowest BCUT2D eigenvalue weighted by Gasteiger charge is -2.27. The van der Waals surface area contributed by atoms with Crippen LogP contribution in [0.1, 0.15) is 22.8 Å². The molecule has 8 heteroatoms. The zero-order valence-corrected chi connectivity index (χ0v) is 17.5. The highest BCUT2D eigenvalue weighted by Crippen LogP contribution is 2.32. The standard InChI is InChI=1S/C23H22FNO5S/c24-18-4-1-17-11-15(13-22(26)27)12-21(20(17)14-18)23(28)16-2-5-19(6-3-16)31(29)25-7-9-30-10-8-25/h1-6,11-12,14,23,28H,7-10,13H2,(H,26,27). The van der Waals surface area contributed by atoms with E-state index in [1.54, 1.807) is 42.5 Å². The molecule has 6 nitrogen and oxygen atoms in total. The van der Waals surface area contributed by atoms with E-state index < -0.39 is 29.3 Å². The minimum atomic E-state index is -1.31. The second-order valence-corrected chi connectivity index (χ2v) is 8.87. The summed E-state index contributed by atoms with van der Waals surface area (Å²) in [7, 11) is 0. The van der Waals surface area contributed by atoms with Crippen molar-refractivity contribution >= 4 is 28.1 Å². The van der Waals surface area contributed by atoms with Gasteiger partial charge in [0.15, 0.2) is 4.90 Å². The van der Waals surface area contributed by atoms with E-state index in [0.717, 1.165) is 0 Å². The first-order valence-electron chi connectivity index (χ1n) is 9.89. The molecule has 0 bridgehead atoms. The van der Waals surface area contributed by atoms with Crippen LogP contribution in [-0.2, 0) is 27.3 Å². The molecule has 1 aliphatic heterocycles. The van der Waals surface area contributed by atoms with Crippen molar-refractivity contribution < 1.29 is 28.7 Å². The molecule has 0 radical (unpaired) electrons. The van der Waals surface area contributed by atoms with Gasteiger partial charge in [0.05, 0.1) is 44.1 Å². The van der Waals surface area contributed by atoms with Crippen molar-refractivity contribution in [3.8, 4) is 0 Å². The van der Waals surface area contributed by atoms with E-state index in [2.05, 4.69) is 0 Å². The molecule has 0 aromatic heterocycles. The fraction of sp³-hybridized carbons (Fsp3) is 0.261. The Labute approximate surface area is 182 Å². The van der Waals surface area contributed by atoms with Gasteiger partial charge in [0.25, 0.3) is 0 Å². The van der Waals surface area contributed by atoms with Gasteiger partial charge in [-0.05, 0) is 51.7 Å². The third-order valence-corrected chi connectivity index (χ3v) is 6.77. The van der Waals surface area contributed by atoms with Crippen LogP contribution in [0, 0.1) is 5.82 Å². The summed E-state index contributed by atoms with van der Waals surface area (Å²) < 4.78 is 33.7. The van der Waals surface area contributed by atoms with E-state index in [1.165, 1.54) is 12.1 Å². The average molecular weight is 443 g/mol. The van der Waals surface area contributed by atoms with Gasteiger partial charge in [0.2, 0.25) is 0 Å². The second-order valence-electron chi connectivity index (χ2n) is 7.38. The second kappa shape index (κ2) is 9.33. The monoisotopic (exact) mass is 443 g/mol. The maximum absolute atomic E-state index is 13.9. The lowest BCUT2D eigenvalue weighted by molar-refractivity contribution is -0.136. The topological polar surface area (TPSA) is 93.1 Å². The maximum Gasteiger partial charge on any atom is 0.307 e. The van der Waals surface area contributed by atoms with Gasteiger partial charge < -0.3 is 19.5 Å². The Bertz CT molecular complexity index is 1090. The molecule has 0 aliphatic carbocycles. The van der Waals surface area contributed by atoms with Crippen molar-refractivity contribution in [3.05, 3.63) is 77.1 Å². The molecule has 0 amide bonds. The predicted octanol–water partition coefficient (Wildman–Crippen LogP) is 3.04. The number of hydrogen-bond donors (Lipinski definition) is 2. The number of ether oxygens (including phenoxy) is 1. The van der Waals surface area contributed by atoms with Gasteiger partial charge in [-0.1, -0.05) is 30.3 Å². The van der Waals surface area contributed by atoms with Crippen LogP contribution in [0.2, 0.25) is 0 Å². The molecule has 1 saturated heterocycles. The molecule has 1 fully saturated rings. The van der Waals surface area contributed by atoms with Gasteiger partial charge in [0, 0.05) is 0 Å². The summed E-state index contributed by atoms with van der Waals surface area (Å²) in [5, 5.41) is 21.4. The van der Waals surface area contributed by atoms with Crippen LogP contribution in [0.15, 0.2) is 59.5 Å². The minimum absolute atomic E-state index is 0.204. The first-order chi connectivity index (χ1) is 14.9. The van der Waals surface area contributed by atoms with E-state index in [9.17, 15) is 18.8 Å². The number of aliphatic hydroxyl groups excluding tert-OH is 1. The first kappa shape index (κ1) is 21.7. The van der Waals surface area contributed by atoms with Gasteiger partial charge in [0.1, 0.15) is 11.9 Å². The third-order valence-electron chi connectivity index (χ3n) is 5.26. The fourth-order valence-corrected chi connectivity index (χ4v) is 4.88. The van der Waals surface area contributed by atoms with E-state index in [0.29, 0.717) is 58.7 Å². The summed E-state index contributed by atoms with van der Waals surface area (Å²) in [6.07, 6.45) is -1.30. The van der Waals surface area contributed by atoms with Crippen LogP contribution in [-0.4, -0.2) is 51.3 Å². The van der Waals surface area contributed by atoms with Crippen molar-refractivity contribution in [2.75, 3.05) is 26.3 Å². The van der Waals surface area contributed by atoms with E-state index in [4.69, 9.17) is 9.84 Å². The molecule has 3 aromatic rings. The number of aliphatic hydroxyl groups is 1. The molecule has 1 heterocycles. The van der Waals surface area contributed by atoms with Crippen molar-refractivity contribution in [1.29, 1.82) is 0 Å². The number of fused-ring (bicyclic) bond motifs is 1.